The molecule has 0 saturated carbocycles. The molecular formula is C12H9BrCl2N2O. The molecule has 2 aromatic rings. The molecular weight excluding hydrogens is 339 g/mol. The first kappa shape index (κ1) is 13.5. The van der Waals surface area contributed by atoms with Gasteiger partial charge >= 0.3 is 0 Å². The minimum Gasteiger partial charge on any atom is -0.487 e. The van der Waals surface area contributed by atoms with E-state index in [0.29, 0.717) is 28.1 Å². The topological polar surface area (TPSA) is 48.1 Å². The van der Waals surface area contributed by atoms with Crippen molar-refractivity contribution in [1.82, 2.24) is 4.98 Å². The summed E-state index contributed by atoms with van der Waals surface area (Å²) >= 11 is 15.1. The number of nitrogens with zero attached hydrogens (tertiary/aromatic N) is 1. The van der Waals surface area contributed by atoms with Crippen LogP contribution >= 0.6 is 39.1 Å². The second kappa shape index (κ2) is 5.78. The van der Waals surface area contributed by atoms with Crippen LogP contribution in [0.25, 0.3) is 0 Å². The van der Waals surface area contributed by atoms with Crippen molar-refractivity contribution < 1.29 is 4.74 Å². The van der Waals surface area contributed by atoms with E-state index in [4.69, 9.17) is 33.7 Å². The Balaban J connectivity index is 2.13. The summed E-state index contributed by atoms with van der Waals surface area (Å²) in [4.78, 5) is 4.05. The molecule has 1 heterocycles. The first-order valence-corrected chi connectivity index (χ1v) is 6.58. The van der Waals surface area contributed by atoms with Gasteiger partial charge < -0.3 is 10.5 Å². The summed E-state index contributed by atoms with van der Waals surface area (Å²) in [5.41, 5.74) is 7.17. The molecule has 0 saturated heterocycles. The number of anilines is 1. The minimum absolute atomic E-state index is 0.356. The van der Waals surface area contributed by atoms with Crippen molar-refractivity contribution in [3.8, 4) is 5.75 Å². The number of hydrogen-bond acceptors (Lipinski definition) is 3. The molecule has 2 rings (SSSR count). The molecule has 6 heteroatoms. The number of rotatable bonds is 3. The van der Waals surface area contributed by atoms with Gasteiger partial charge in [-0.3, -0.25) is 4.98 Å². The van der Waals surface area contributed by atoms with Crippen LogP contribution < -0.4 is 10.5 Å². The lowest BCUT2D eigenvalue weighted by Crippen LogP contribution is -1.99. The van der Waals surface area contributed by atoms with Gasteiger partial charge in [0, 0.05) is 28.5 Å². The van der Waals surface area contributed by atoms with E-state index in [9.17, 15) is 0 Å². The van der Waals surface area contributed by atoms with Gasteiger partial charge in [-0.2, -0.15) is 0 Å². The predicted molar refractivity (Wildman–Crippen MR) is 77.1 cm³/mol. The third-order valence-corrected chi connectivity index (χ3v) is 3.36. The van der Waals surface area contributed by atoms with E-state index < -0.39 is 0 Å². The average molecular weight is 348 g/mol. The molecule has 0 bridgehead atoms. The van der Waals surface area contributed by atoms with Crippen molar-refractivity contribution in [2.45, 2.75) is 6.61 Å². The molecule has 94 valence electrons. The summed E-state index contributed by atoms with van der Waals surface area (Å²) < 4.78 is 6.48. The number of pyridine rings is 1. The maximum absolute atomic E-state index is 5.91. The Hall–Kier alpha value is -0.970. The fourth-order valence-corrected chi connectivity index (χ4v) is 2.10. The summed E-state index contributed by atoms with van der Waals surface area (Å²) in [5, 5.41) is 0.818. The smallest absolute Gasteiger partial charge is 0.144 e. The van der Waals surface area contributed by atoms with Gasteiger partial charge in [0.1, 0.15) is 12.4 Å². The zero-order chi connectivity index (χ0) is 13.1. The van der Waals surface area contributed by atoms with Crippen molar-refractivity contribution in [3.63, 3.8) is 0 Å². The zero-order valence-corrected chi connectivity index (χ0v) is 12.3. The summed E-state index contributed by atoms with van der Waals surface area (Å²) in [6.07, 6.45) is 3.43. The average Bonchev–Trinajstić information content (AvgIpc) is 2.32. The largest absolute Gasteiger partial charge is 0.487 e. The summed E-state index contributed by atoms with van der Waals surface area (Å²) in [6.45, 7) is 0.356. The second-order valence-corrected chi connectivity index (χ2v) is 5.33. The summed E-state index contributed by atoms with van der Waals surface area (Å²) in [7, 11) is 0. The highest BCUT2D eigenvalue weighted by atomic mass is 79.9. The van der Waals surface area contributed by atoms with Crippen molar-refractivity contribution in [3.05, 3.63) is 50.7 Å². The molecule has 0 aliphatic heterocycles. The third-order valence-electron chi connectivity index (χ3n) is 2.21. The quantitative estimate of drug-likeness (QED) is 0.841. The number of nitrogens with two attached hydrogens (primary N) is 1. The van der Waals surface area contributed by atoms with E-state index in [1.807, 2.05) is 6.07 Å². The number of benzene rings is 1. The van der Waals surface area contributed by atoms with Gasteiger partial charge in [-0.15, -0.1) is 0 Å². The first-order valence-electron chi connectivity index (χ1n) is 5.03. The second-order valence-electron chi connectivity index (χ2n) is 3.60. The Bertz CT molecular complexity index is 578. The molecule has 1 aromatic heterocycles. The van der Waals surface area contributed by atoms with E-state index >= 15 is 0 Å². The van der Waals surface area contributed by atoms with Crippen LogP contribution in [0, 0.1) is 0 Å². The lowest BCUT2D eigenvalue weighted by Gasteiger charge is -2.10. The molecule has 0 unspecified atom stereocenters. The maximum atomic E-state index is 5.91. The van der Waals surface area contributed by atoms with Crippen molar-refractivity contribution in [1.29, 1.82) is 0 Å². The number of ether oxygens (including phenoxy) is 1. The molecule has 0 spiro atoms. The molecule has 0 fully saturated rings. The standard InChI is InChI=1S/C12H9BrCl2N2O/c13-8-1-7(4-17-5-8)6-18-12-3-10(15)9(14)2-11(12)16/h1-5H,6,16H2. The summed E-state index contributed by atoms with van der Waals surface area (Å²) in [6, 6.07) is 5.09. The number of halogens is 3. The molecule has 3 nitrogen and oxygen atoms in total. The Morgan fingerprint density at radius 3 is 2.61 bits per heavy atom. The van der Waals surface area contributed by atoms with Gasteiger partial charge in [-0.25, -0.2) is 0 Å². The minimum atomic E-state index is 0.356. The first-order chi connectivity index (χ1) is 8.56. The number of hydrogen-bond donors (Lipinski definition) is 1. The Labute approximate surface area is 123 Å². The zero-order valence-electron chi connectivity index (χ0n) is 9.16. The van der Waals surface area contributed by atoms with E-state index in [-0.39, 0.29) is 0 Å². The van der Waals surface area contributed by atoms with E-state index in [0.717, 1.165) is 10.0 Å². The van der Waals surface area contributed by atoms with Gasteiger partial charge in [0.15, 0.2) is 0 Å². The van der Waals surface area contributed by atoms with Gasteiger partial charge in [0.2, 0.25) is 0 Å². The van der Waals surface area contributed by atoms with E-state index in [2.05, 4.69) is 20.9 Å². The monoisotopic (exact) mass is 346 g/mol. The lowest BCUT2D eigenvalue weighted by molar-refractivity contribution is 0.307. The van der Waals surface area contributed by atoms with Gasteiger partial charge in [0.05, 0.1) is 15.7 Å². The van der Waals surface area contributed by atoms with Crippen molar-refractivity contribution in [2.24, 2.45) is 0 Å². The van der Waals surface area contributed by atoms with Crippen LogP contribution in [0.2, 0.25) is 10.0 Å². The third kappa shape index (κ3) is 3.28. The number of nitrogen functional groups attached to an aromatic ring is 1. The van der Waals surface area contributed by atoms with Crippen LogP contribution in [-0.4, -0.2) is 4.98 Å². The van der Waals surface area contributed by atoms with Crippen LogP contribution in [0.4, 0.5) is 5.69 Å². The number of aromatic nitrogens is 1. The fraction of sp³-hybridized carbons (Fsp3) is 0.0833. The fourth-order valence-electron chi connectivity index (χ4n) is 1.36. The highest BCUT2D eigenvalue weighted by Crippen LogP contribution is 2.32. The molecule has 18 heavy (non-hydrogen) atoms. The van der Waals surface area contributed by atoms with Crippen LogP contribution in [0.15, 0.2) is 35.1 Å². The predicted octanol–water partition coefficient (Wildman–Crippen LogP) is 4.31. The molecule has 0 amide bonds. The Kier molecular flexibility index (Phi) is 4.32. The van der Waals surface area contributed by atoms with Crippen molar-refractivity contribution in [2.75, 3.05) is 5.73 Å². The van der Waals surface area contributed by atoms with Crippen LogP contribution in [0.3, 0.4) is 0 Å². The molecule has 1 aromatic carbocycles. The van der Waals surface area contributed by atoms with Gasteiger partial charge in [0.25, 0.3) is 0 Å². The van der Waals surface area contributed by atoms with Crippen LogP contribution in [0.1, 0.15) is 5.56 Å². The maximum Gasteiger partial charge on any atom is 0.144 e. The summed E-state index contributed by atoms with van der Waals surface area (Å²) in [5.74, 6) is 0.504. The lowest BCUT2D eigenvalue weighted by atomic mass is 10.3. The van der Waals surface area contributed by atoms with E-state index in [1.165, 1.54) is 0 Å². The molecule has 0 radical (unpaired) electrons. The Morgan fingerprint density at radius 2 is 1.89 bits per heavy atom. The normalized spacial score (nSPS) is 10.4. The van der Waals surface area contributed by atoms with Crippen LogP contribution in [0.5, 0.6) is 5.75 Å². The highest BCUT2D eigenvalue weighted by molar-refractivity contribution is 9.10. The SMILES string of the molecule is Nc1cc(Cl)c(Cl)cc1OCc1cncc(Br)c1. The Morgan fingerprint density at radius 1 is 1.17 bits per heavy atom. The highest BCUT2D eigenvalue weighted by Gasteiger charge is 2.06. The molecule has 0 atom stereocenters. The molecule has 0 aliphatic rings. The van der Waals surface area contributed by atoms with Gasteiger partial charge in [-0.05, 0) is 28.1 Å². The van der Waals surface area contributed by atoms with Crippen LogP contribution in [-0.2, 0) is 6.61 Å². The van der Waals surface area contributed by atoms with Crippen molar-refractivity contribution >= 4 is 44.8 Å². The molecule has 2 N–H and O–H groups in total. The van der Waals surface area contributed by atoms with E-state index in [1.54, 1.807) is 24.5 Å². The molecule has 0 aliphatic carbocycles. The van der Waals surface area contributed by atoms with Gasteiger partial charge in [-0.1, -0.05) is 23.2 Å².